The lowest BCUT2D eigenvalue weighted by atomic mass is 9.89. The minimum Gasteiger partial charge on any atom is -0.353 e. The molecule has 1 unspecified atom stereocenters. The minimum absolute atomic E-state index is 0.159. The van der Waals surface area contributed by atoms with Gasteiger partial charge in [-0.1, -0.05) is 79.7 Å². The van der Waals surface area contributed by atoms with Crippen molar-refractivity contribution >= 4 is 28.6 Å². The molecule has 0 spiro atoms. The van der Waals surface area contributed by atoms with E-state index in [1.807, 2.05) is 81.4 Å². The standard InChI is InChI=1S/C32H43N5O5/c1-6-33-32(40)36-37(5)21-27(38)34-29(24-16-10-9-11-17-24)30(39)35-28(22(4)31(41-7-2)42-8-3)26-20-14-18-23-15-12-13-19-25(23)26/h9-20,22,28-29,31H,6-8,21H2,1-5H3,(H,34,38)(H,35,39)(H2,33,36,40)/t22-,28-,29?/m0/s1. The summed E-state index contributed by atoms with van der Waals surface area (Å²) in [5, 5.41) is 12.1. The summed E-state index contributed by atoms with van der Waals surface area (Å²) in [4.78, 5) is 39.0. The van der Waals surface area contributed by atoms with Crippen LogP contribution >= 0.6 is 0 Å². The van der Waals surface area contributed by atoms with Crippen LogP contribution in [0.3, 0.4) is 0 Å². The zero-order valence-electron chi connectivity index (χ0n) is 25.1. The van der Waals surface area contributed by atoms with Crippen LogP contribution in [0.25, 0.3) is 10.8 Å². The number of benzene rings is 3. The first-order chi connectivity index (χ1) is 20.3. The summed E-state index contributed by atoms with van der Waals surface area (Å²) in [5.74, 6) is -1.10. The lowest BCUT2D eigenvalue weighted by molar-refractivity contribution is -0.170. The van der Waals surface area contributed by atoms with E-state index in [4.69, 9.17) is 9.47 Å². The van der Waals surface area contributed by atoms with Crippen LogP contribution in [0.4, 0.5) is 4.79 Å². The van der Waals surface area contributed by atoms with E-state index in [-0.39, 0.29) is 18.4 Å². The molecule has 0 aliphatic rings. The first kappa shape index (κ1) is 32.5. The van der Waals surface area contributed by atoms with Gasteiger partial charge in [0.15, 0.2) is 6.29 Å². The van der Waals surface area contributed by atoms with Gasteiger partial charge in [0.05, 0.1) is 12.6 Å². The number of hydrogen-bond acceptors (Lipinski definition) is 6. The Hall–Kier alpha value is -3.99. The van der Waals surface area contributed by atoms with Crippen molar-refractivity contribution in [3.05, 3.63) is 83.9 Å². The topological polar surface area (TPSA) is 121 Å². The van der Waals surface area contributed by atoms with Crippen molar-refractivity contribution in [3.63, 3.8) is 0 Å². The van der Waals surface area contributed by atoms with Crippen molar-refractivity contribution < 1.29 is 23.9 Å². The molecule has 3 aromatic carbocycles. The van der Waals surface area contributed by atoms with Gasteiger partial charge in [-0.3, -0.25) is 15.0 Å². The fourth-order valence-corrected chi connectivity index (χ4v) is 4.87. The summed E-state index contributed by atoms with van der Waals surface area (Å²) in [6.07, 6.45) is -0.567. The van der Waals surface area contributed by atoms with Gasteiger partial charge in [0.1, 0.15) is 6.04 Å². The van der Waals surface area contributed by atoms with Crippen LogP contribution < -0.4 is 21.4 Å². The molecule has 0 aromatic heterocycles. The van der Waals surface area contributed by atoms with Gasteiger partial charge in [-0.25, -0.2) is 9.80 Å². The molecule has 0 aliphatic heterocycles. The summed E-state index contributed by atoms with van der Waals surface area (Å²) < 4.78 is 11.9. The predicted octanol–water partition coefficient (Wildman–Crippen LogP) is 4.06. The van der Waals surface area contributed by atoms with Gasteiger partial charge in [0.25, 0.3) is 0 Å². The summed E-state index contributed by atoms with van der Waals surface area (Å²) in [6.45, 7) is 8.79. The molecular formula is C32H43N5O5. The Morgan fingerprint density at radius 2 is 1.48 bits per heavy atom. The second kappa shape index (κ2) is 16.5. The number of fused-ring (bicyclic) bond motifs is 1. The largest absolute Gasteiger partial charge is 0.353 e. The van der Waals surface area contributed by atoms with Crippen LogP contribution in [0.15, 0.2) is 72.8 Å². The first-order valence-corrected chi connectivity index (χ1v) is 14.4. The highest BCUT2D eigenvalue weighted by Gasteiger charge is 2.33. The van der Waals surface area contributed by atoms with Crippen molar-refractivity contribution in [2.75, 3.05) is 33.4 Å². The van der Waals surface area contributed by atoms with Crippen molar-refractivity contribution in [2.24, 2.45) is 5.92 Å². The third-order valence-corrected chi connectivity index (χ3v) is 6.78. The minimum atomic E-state index is -0.987. The van der Waals surface area contributed by atoms with Crippen LogP contribution in [0.5, 0.6) is 0 Å². The highest BCUT2D eigenvalue weighted by molar-refractivity contribution is 5.91. The zero-order valence-corrected chi connectivity index (χ0v) is 25.1. The van der Waals surface area contributed by atoms with Crippen molar-refractivity contribution in [3.8, 4) is 0 Å². The van der Waals surface area contributed by atoms with Gasteiger partial charge >= 0.3 is 6.03 Å². The zero-order chi connectivity index (χ0) is 30.5. The Morgan fingerprint density at radius 1 is 0.833 bits per heavy atom. The number of nitrogens with zero attached hydrogens (tertiary/aromatic N) is 1. The van der Waals surface area contributed by atoms with Gasteiger partial charge in [-0.15, -0.1) is 0 Å². The number of amides is 4. The molecule has 0 saturated carbocycles. The number of carbonyl (C=O) groups is 3. The van der Waals surface area contributed by atoms with Crippen LogP contribution in [0.1, 0.15) is 50.9 Å². The van der Waals surface area contributed by atoms with Crippen molar-refractivity contribution in [1.29, 1.82) is 0 Å². The van der Waals surface area contributed by atoms with E-state index in [0.29, 0.717) is 25.3 Å². The van der Waals surface area contributed by atoms with Gasteiger partial charge in [0, 0.05) is 32.7 Å². The quantitative estimate of drug-likeness (QED) is 0.160. The fourth-order valence-electron chi connectivity index (χ4n) is 4.87. The maximum absolute atomic E-state index is 14.1. The van der Waals surface area contributed by atoms with Crippen LogP contribution in [-0.2, 0) is 19.1 Å². The van der Waals surface area contributed by atoms with Gasteiger partial charge < -0.3 is 25.4 Å². The fraction of sp³-hybridized carbons (Fsp3) is 0.406. The van der Waals surface area contributed by atoms with E-state index in [2.05, 4.69) is 21.4 Å². The molecule has 10 heteroatoms. The second-order valence-corrected chi connectivity index (χ2v) is 9.93. The van der Waals surface area contributed by atoms with E-state index in [1.54, 1.807) is 26.1 Å². The Morgan fingerprint density at radius 3 is 2.14 bits per heavy atom. The molecule has 0 aliphatic carbocycles. The molecule has 3 aromatic rings. The molecule has 10 nitrogen and oxygen atoms in total. The maximum Gasteiger partial charge on any atom is 0.329 e. The molecule has 3 atom stereocenters. The number of nitrogens with one attached hydrogen (secondary N) is 4. The Bertz CT molecular complexity index is 1290. The Labute approximate surface area is 248 Å². The van der Waals surface area contributed by atoms with Gasteiger partial charge in [0.2, 0.25) is 11.8 Å². The number of urea groups is 1. The summed E-state index contributed by atoms with van der Waals surface area (Å²) >= 11 is 0. The SMILES string of the molecule is CCNC(=O)NN(C)CC(=O)NC(C(=O)N[C@H](c1cccc2ccccc12)[C@H](C)C(OCC)OCC)c1ccccc1. The second-order valence-electron chi connectivity index (χ2n) is 9.93. The first-order valence-electron chi connectivity index (χ1n) is 14.4. The summed E-state index contributed by atoms with van der Waals surface area (Å²) in [5.41, 5.74) is 4.11. The molecule has 226 valence electrons. The molecule has 3 rings (SSSR count). The molecule has 4 amide bonds. The van der Waals surface area contributed by atoms with Gasteiger partial charge in [-0.05, 0) is 42.7 Å². The number of carbonyl (C=O) groups excluding carboxylic acids is 3. The maximum atomic E-state index is 14.1. The van der Waals surface area contributed by atoms with Crippen molar-refractivity contribution in [2.45, 2.75) is 46.1 Å². The molecule has 0 bridgehead atoms. The number of likely N-dealkylation sites (N-methyl/N-ethyl adjacent to an activating group) is 1. The summed E-state index contributed by atoms with van der Waals surface area (Å²) in [7, 11) is 1.58. The summed E-state index contributed by atoms with van der Waals surface area (Å²) in [6, 6.07) is 21.2. The Kier molecular flexibility index (Phi) is 12.7. The van der Waals surface area contributed by atoms with Crippen molar-refractivity contribution in [1.82, 2.24) is 26.4 Å². The molecular weight excluding hydrogens is 534 g/mol. The Balaban J connectivity index is 1.94. The molecule has 0 fully saturated rings. The van der Waals surface area contributed by atoms with Gasteiger partial charge in [-0.2, -0.15) is 0 Å². The molecule has 0 heterocycles. The van der Waals surface area contributed by atoms with E-state index < -0.39 is 30.3 Å². The normalized spacial score (nSPS) is 13.4. The highest BCUT2D eigenvalue weighted by atomic mass is 16.7. The average Bonchev–Trinajstić information content (AvgIpc) is 2.98. The molecule has 0 radical (unpaired) electrons. The lowest BCUT2D eigenvalue weighted by Gasteiger charge is -2.33. The average molecular weight is 578 g/mol. The predicted molar refractivity (Wildman–Crippen MR) is 163 cm³/mol. The molecule has 4 N–H and O–H groups in total. The van der Waals surface area contributed by atoms with Crippen LogP contribution in [0, 0.1) is 5.92 Å². The van der Waals surface area contributed by atoms with E-state index in [1.165, 1.54) is 5.01 Å². The third kappa shape index (κ3) is 9.01. The highest BCUT2D eigenvalue weighted by Crippen LogP contribution is 2.33. The monoisotopic (exact) mass is 577 g/mol. The third-order valence-electron chi connectivity index (χ3n) is 6.78. The molecule has 0 saturated heterocycles. The lowest BCUT2D eigenvalue weighted by Crippen LogP contribution is -2.51. The van der Waals surface area contributed by atoms with E-state index >= 15 is 0 Å². The number of hydrazine groups is 1. The smallest absolute Gasteiger partial charge is 0.329 e. The van der Waals surface area contributed by atoms with E-state index in [0.717, 1.165) is 16.3 Å². The number of ether oxygens (including phenoxy) is 2. The number of rotatable bonds is 15. The van der Waals surface area contributed by atoms with Crippen LogP contribution in [0.2, 0.25) is 0 Å². The van der Waals surface area contributed by atoms with Crippen LogP contribution in [-0.4, -0.2) is 62.5 Å². The van der Waals surface area contributed by atoms with E-state index in [9.17, 15) is 14.4 Å². The molecule has 42 heavy (non-hydrogen) atoms. The number of hydrogen-bond donors (Lipinski definition) is 4.